The van der Waals surface area contributed by atoms with E-state index < -0.39 is 0 Å². The van der Waals surface area contributed by atoms with E-state index in [1.165, 1.54) is 0 Å². The summed E-state index contributed by atoms with van der Waals surface area (Å²) in [5, 5.41) is 14.7. The number of rotatable bonds is 8. The lowest BCUT2D eigenvalue weighted by molar-refractivity contribution is 0.443. The van der Waals surface area contributed by atoms with Gasteiger partial charge in [-0.15, -0.1) is 0 Å². The SMILES string of the molecule is CCCc1cc2c(-c3ccccc3)noc2c(CCC)c1Oc1ccccc1CC#N. The zero-order chi connectivity index (χ0) is 21.6. The maximum Gasteiger partial charge on any atom is 0.174 e. The minimum Gasteiger partial charge on any atom is -0.456 e. The first-order valence-electron chi connectivity index (χ1n) is 10.9. The molecule has 0 aliphatic carbocycles. The number of para-hydroxylation sites is 1. The summed E-state index contributed by atoms with van der Waals surface area (Å²) in [6, 6.07) is 22.3. The fourth-order valence-electron chi connectivity index (χ4n) is 3.99. The summed E-state index contributed by atoms with van der Waals surface area (Å²) >= 11 is 0. The van der Waals surface area contributed by atoms with Gasteiger partial charge in [0.1, 0.15) is 17.2 Å². The molecule has 0 N–H and O–H groups in total. The van der Waals surface area contributed by atoms with Crippen molar-refractivity contribution in [1.82, 2.24) is 5.16 Å². The van der Waals surface area contributed by atoms with Gasteiger partial charge in [-0.05, 0) is 30.5 Å². The first-order chi connectivity index (χ1) is 15.3. The first-order valence-corrected chi connectivity index (χ1v) is 10.9. The molecule has 4 aromatic rings. The van der Waals surface area contributed by atoms with E-state index in [0.717, 1.165) is 76.1 Å². The standard InChI is InChI=1S/C27H26N2O2/c1-3-10-21-18-23-25(20-13-6-5-7-14-20)29-31-27(23)22(11-4-2)26(21)30-24-15-9-8-12-19(24)16-17-28/h5-9,12-15,18H,3-4,10-11,16H2,1-2H3. The van der Waals surface area contributed by atoms with Crippen LogP contribution in [0.5, 0.6) is 11.5 Å². The number of aryl methyl sites for hydroxylation is 2. The van der Waals surface area contributed by atoms with Gasteiger partial charge in [-0.25, -0.2) is 0 Å². The zero-order valence-corrected chi connectivity index (χ0v) is 18.0. The number of aromatic nitrogens is 1. The predicted octanol–water partition coefficient (Wildman–Crippen LogP) is 7.26. The highest BCUT2D eigenvalue weighted by Crippen LogP contribution is 2.41. The molecule has 0 saturated carbocycles. The third kappa shape index (κ3) is 4.18. The second-order valence-corrected chi connectivity index (χ2v) is 7.66. The second-order valence-electron chi connectivity index (χ2n) is 7.66. The van der Waals surface area contributed by atoms with Crippen LogP contribution in [0.15, 0.2) is 65.2 Å². The molecule has 4 rings (SSSR count). The molecule has 0 radical (unpaired) electrons. The summed E-state index contributed by atoms with van der Waals surface area (Å²) in [6.07, 6.45) is 3.99. The Labute approximate surface area is 183 Å². The van der Waals surface area contributed by atoms with Gasteiger partial charge in [0.05, 0.1) is 17.9 Å². The maximum absolute atomic E-state index is 9.21. The van der Waals surface area contributed by atoms with Crippen LogP contribution < -0.4 is 4.74 Å². The molecule has 0 spiro atoms. The van der Waals surface area contributed by atoms with Crippen LogP contribution in [-0.2, 0) is 19.3 Å². The van der Waals surface area contributed by atoms with Gasteiger partial charge < -0.3 is 9.26 Å². The Morgan fingerprint density at radius 1 is 0.935 bits per heavy atom. The highest BCUT2D eigenvalue weighted by molar-refractivity contribution is 5.95. The van der Waals surface area contributed by atoms with Crippen LogP contribution in [0.2, 0.25) is 0 Å². The molecule has 1 heterocycles. The molecule has 4 nitrogen and oxygen atoms in total. The molecule has 0 fully saturated rings. The average Bonchev–Trinajstić information content (AvgIpc) is 3.22. The van der Waals surface area contributed by atoms with Crippen LogP contribution in [0.3, 0.4) is 0 Å². The Morgan fingerprint density at radius 2 is 1.68 bits per heavy atom. The van der Waals surface area contributed by atoms with E-state index in [2.05, 4.69) is 43.3 Å². The van der Waals surface area contributed by atoms with E-state index in [0.29, 0.717) is 6.42 Å². The first kappa shape index (κ1) is 20.7. The number of nitrogens with zero attached hydrogens (tertiary/aromatic N) is 2. The van der Waals surface area contributed by atoms with Crippen molar-refractivity contribution in [3.8, 4) is 28.8 Å². The van der Waals surface area contributed by atoms with Crippen molar-refractivity contribution in [3.63, 3.8) is 0 Å². The van der Waals surface area contributed by atoms with Crippen LogP contribution in [0.1, 0.15) is 43.4 Å². The molecule has 0 aliphatic rings. The van der Waals surface area contributed by atoms with E-state index in [9.17, 15) is 5.26 Å². The smallest absolute Gasteiger partial charge is 0.174 e. The van der Waals surface area contributed by atoms with Crippen molar-refractivity contribution in [2.45, 2.75) is 46.0 Å². The fraction of sp³-hybridized carbons (Fsp3) is 0.259. The Morgan fingerprint density at radius 3 is 2.42 bits per heavy atom. The lowest BCUT2D eigenvalue weighted by atomic mass is 9.96. The molecule has 0 bridgehead atoms. The molecule has 0 atom stereocenters. The summed E-state index contributed by atoms with van der Waals surface area (Å²) in [5.74, 6) is 1.57. The Kier molecular flexibility index (Phi) is 6.33. The lowest BCUT2D eigenvalue weighted by Crippen LogP contribution is -2.00. The summed E-state index contributed by atoms with van der Waals surface area (Å²) in [7, 11) is 0. The van der Waals surface area contributed by atoms with E-state index >= 15 is 0 Å². The number of fused-ring (bicyclic) bond motifs is 1. The largest absolute Gasteiger partial charge is 0.456 e. The topological polar surface area (TPSA) is 59.1 Å². The highest BCUT2D eigenvalue weighted by Gasteiger charge is 2.22. The van der Waals surface area contributed by atoms with E-state index in [1.807, 2.05) is 42.5 Å². The highest BCUT2D eigenvalue weighted by atomic mass is 16.5. The second kappa shape index (κ2) is 9.49. The van der Waals surface area contributed by atoms with Crippen molar-refractivity contribution in [3.05, 3.63) is 77.4 Å². The summed E-state index contributed by atoms with van der Waals surface area (Å²) in [5.41, 5.74) is 5.77. The molecule has 0 aliphatic heterocycles. The number of hydrogen-bond acceptors (Lipinski definition) is 4. The van der Waals surface area contributed by atoms with Gasteiger partial charge in [0.25, 0.3) is 0 Å². The number of ether oxygens (including phenoxy) is 1. The van der Waals surface area contributed by atoms with Gasteiger partial charge in [0.2, 0.25) is 0 Å². The van der Waals surface area contributed by atoms with Crippen molar-refractivity contribution < 1.29 is 9.26 Å². The Hall–Kier alpha value is -3.58. The Bertz CT molecular complexity index is 1220. The van der Waals surface area contributed by atoms with Crippen molar-refractivity contribution >= 4 is 11.0 Å². The molecular formula is C27H26N2O2. The summed E-state index contributed by atoms with van der Waals surface area (Å²) in [4.78, 5) is 0. The van der Waals surface area contributed by atoms with Gasteiger partial charge in [0.15, 0.2) is 5.58 Å². The third-order valence-corrected chi connectivity index (χ3v) is 5.41. The zero-order valence-electron chi connectivity index (χ0n) is 18.0. The fourth-order valence-corrected chi connectivity index (χ4v) is 3.99. The number of hydrogen-bond donors (Lipinski definition) is 0. The molecule has 0 unspecified atom stereocenters. The Balaban J connectivity index is 1.91. The minimum atomic E-state index is 0.311. The van der Waals surface area contributed by atoms with Gasteiger partial charge in [-0.2, -0.15) is 5.26 Å². The molecule has 0 saturated heterocycles. The lowest BCUT2D eigenvalue weighted by Gasteiger charge is -2.17. The molecule has 4 heteroatoms. The third-order valence-electron chi connectivity index (χ3n) is 5.41. The van der Waals surface area contributed by atoms with Crippen LogP contribution in [0, 0.1) is 11.3 Å². The van der Waals surface area contributed by atoms with Crippen LogP contribution in [0.25, 0.3) is 22.2 Å². The number of benzene rings is 3. The number of nitriles is 1. The van der Waals surface area contributed by atoms with Gasteiger partial charge >= 0.3 is 0 Å². The predicted molar refractivity (Wildman–Crippen MR) is 123 cm³/mol. The van der Waals surface area contributed by atoms with E-state index in [1.54, 1.807) is 0 Å². The monoisotopic (exact) mass is 410 g/mol. The molecule has 3 aromatic carbocycles. The molecule has 31 heavy (non-hydrogen) atoms. The molecule has 156 valence electrons. The normalized spacial score (nSPS) is 10.9. The van der Waals surface area contributed by atoms with Crippen LogP contribution in [0.4, 0.5) is 0 Å². The summed E-state index contributed by atoms with van der Waals surface area (Å²) in [6.45, 7) is 4.32. The van der Waals surface area contributed by atoms with Crippen molar-refractivity contribution in [2.75, 3.05) is 0 Å². The van der Waals surface area contributed by atoms with Gasteiger partial charge in [-0.1, -0.05) is 80.4 Å². The minimum absolute atomic E-state index is 0.311. The summed E-state index contributed by atoms with van der Waals surface area (Å²) < 4.78 is 12.4. The quantitative estimate of drug-likeness (QED) is 0.307. The average molecular weight is 411 g/mol. The van der Waals surface area contributed by atoms with Gasteiger partial charge in [-0.3, -0.25) is 0 Å². The van der Waals surface area contributed by atoms with Crippen LogP contribution >= 0.6 is 0 Å². The van der Waals surface area contributed by atoms with E-state index in [4.69, 9.17) is 9.26 Å². The van der Waals surface area contributed by atoms with Crippen molar-refractivity contribution in [2.24, 2.45) is 0 Å². The maximum atomic E-state index is 9.21. The van der Waals surface area contributed by atoms with E-state index in [-0.39, 0.29) is 0 Å². The molecule has 1 aromatic heterocycles. The molecular weight excluding hydrogens is 384 g/mol. The molecule has 0 amide bonds. The van der Waals surface area contributed by atoms with Crippen LogP contribution in [-0.4, -0.2) is 5.16 Å². The van der Waals surface area contributed by atoms with Gasteiger partial charge in [0, 0.05) is 16.7 Å². The van der Waals surface area contributed by atoms with Crippen molar-refractivity contribution in [1.29, 1.82) is 5.26 Å².